The Labute approximate surface area is 168 Å². The molecular formula is C20H25N7O2. The van der Waals surface area contributed by atoms with Gasteiger partial charge in [0.2, 0.25) is 0 Å². The van der Waals surface area contributed by atoms with E-state index in [1.54, 1.807) is 18.6 Å². The summed E-state index contributed by atoms with van der Waals surface area (Å²) in [5, 5.41) is 17.5. The van der Waals surface area contributed by atoms with Crippen molar-refractivity contribution in [3.8, 4) is 0 Å². The molecule has 4 heterocycles. The summed E-state index contributed by atoms with van der Waals surface area (Å²) in [4.78, 5) is 31.7. The van der Waals surface area contributed by atoms with E-state index in [-0.39, 0.29) is 17.9 Å². The number of nitrogens with one attached hydrogen (secondary N) is 3. The van der Waals surface area contributed by atoms with Gasteiger partial charge in [0.1, 0.15) is 0 Å². The molecule has 9 heteroatoms. The maximum absolute atomic E-state index is 13.0. The lowest BCUT2D eigenvalue weighted by Crippen LogP contribution is -2.42. The molecule has 0 aliphatic carbocycles. The second-order valence-electron chi connectivity index (χ2n) is 7.39. The third-order valence-electron chi connectivity index (χ3n) is 5.46. The first-order valence-electron chi connectivity index (χ1n) is 10.1. The van der Waals surface area contributed by atoms with Crippen LogP contribution in [-0.2, 0) is 6.42 Å². The summed E-state index contributed by atoms with van der Waals surface area (Å²) in [6.07, 6.45) is 9.06. The molecule has 0 bridgehead atoms. The van der Waals surface area contributed by atoms with Crippen LogP contribution in [0.3, 0.4) is 0 Å². The standard InChI is InChI=1S/C20H25N7O2/c1-2-17-16(12-23-25-17)19(28)24-15-5-3-4-7-27(8-6-15)20(29)14-9-13-11-22-26-18(13)21-10-14/h9-12,15H,2-8H2,1H3,(H,23,25)(H,24,28)(H,21,22,26). The van der Waals surface area contributed by atoms with Gasteiger partial charge in [0.25, 0.3) is 11.8 Å². The van der Waals surface area contributed by atoms with Gasteiger partial charge in [-0.1, -0.05) is 6.92 Å². The number of carbonyl (C=O) groups excluding carboxylic acids is 2. The molecule has 1 aliphatic heterocycles. The number of hydrogen-bond acceptors (Lipinski definition) is 5. The Kier molecular flexibility index (Phi) is 5.55. The van der Waals surface area contributed by atoms with Crippen LogP contribution in [0, 0.1) is 0 Å². The van der Waals surface area contributed by atoms with Crippen LogP contribution in [0.15, 0.2) is 24.7 Å². The Morgan fingerprint density at radius 2 is 2.00 bits per heavy atom. The fraction of sp³-hybridized carbons (Fsp3) is 0.450. The fourth-order valence-corrected chi connectivity index (χ4v) is 3.79. The first-order chi connectivity index (χ1) is 14.2. The quantitative estimate of drug-likeness (QED) is 0.625. The molecule has 3 aromatic heterocycles. The van der Waals surface area contributed by atoms with E-state index in [0.717, 1.165) is 43.2 Å². The molecule has 1 fully saturated rings. The SMILES string of the molecule is CCc1[nH]ncc1C(=O)NC1CCCCN(C(=O)c2cnc3[nH]ncc3c2)CC1. The first-order valence-corrected chi connectivity index (χ1v) is 10.1. The Morgan fingerprint density at radius 3 is 2.86 bits per heavy atom. The number of H-pyrrole nitrogens is 2. The number of carbonyl (C=O) groups is 2. The molecule has 3 N–H and O–H groups in total. The minimum absolute atomic E-state index is 0.0318. The van der Waals surface area contributed by atoms with Crippen LogP contribution >= 0.6 is 0 Å². The van der Waals surface area contributed by atoms with E-state index in [1.807, 2.05) is 17.9 Å². The van der Waals surface area contributed by atoms with Crippen molar-refractivity contribution in [3.05, 3.63) is 41.5 Å². The molecule has 0 saturated carbocycles. The van der Waals surface area contributed by atoms with Gasteiger partial charge in [0, 0.05) is 36.4 Å². The van der Waals surface area contributed by atoms with E-state index in [0.29, 0.717) is 29.9 Å². The number of aromatic amines is 2. The van der Waals surface area contributed by atoms with Crippen LogP contribution in [0.25, 0.3) is 11.0 Å². The van der Waals surface area contributed by atoms with Gasteiger partial charge in [0.05, 0.1) is 23.5 Å². The summed E-state index contributed by atoms with van der Waals surface area (Å²) in [5.74, 6) is -0.135. The molecule has 1 unspecified atom stereocenters. The summed E-state index contributed by atoms with van der Waals surface area (Å²) >= 11 is 0. The van der Waals surface area contributed by atoms with E-state index in [4.69, 9.17) is 0 Å². The normalized spacial score (nSPS) is 17.7. The molecule has 152 valence electrons. The van der Waals surface area contributed by atoms with Crippen molar-refractivity contribution in [3.63, 3.8) is 0 Å². The van der Waals surface area contributed by atoms with Gasteiger partial charge in [-0.05, 0) is 38.2 Å². The highest BCUT2D eigenvalue weighted by Crippen LogP contribution is 2.17. The van der Waals surface area contributed by atoms with Gasteiger partial charge in [-0.2, -0.15) is 10.2 Å². The Hall–Kier alpha value is -3.23. The molecule has 1 atom stereocenters. The van der Waals surface area contributed by atoms with Crippen LogP contribution in [-0.4, -0.2) is 61.2 Å². The number of aryl methyl sites for hydroxylation is 1. The Bertz CT molecular complexity index is 1010. The van der Waals surface area contributed by atoms with Crippen LogP contribution in [0.2, 0.25) is 0 Å². The van der Waals surface area contributed by atoms with Crippen LogP contribution < -0.4 is 5.32 Å². The van der Waals surface area contributed by atoms with E-state index in [2.05, 4.69) is 30.7 Å². The monoisotopic (exact) mass is 395 g/mol. The number of hydrogen-bond donors (Lipinski definition) is 3. The van der Waals surface area contributed by atoms with Crippen molar-refractivity contribution < 1.29 is 9.59 Å². The number of fused-ring (bicyclic) bond motifs is 1. The van der Waals surface area contributed by atoms with Crippen molar-refractivity contribution in [2.24, 2.45) is 0 Å². The van der Waals surface area contributed by atoms with E-state index in [1.165, 1.54) is 0 Å². The van der Waals surface area contributed by atoms with Crippen molar-refractivity contribution in [1.29, 1.82) is 0 Å². The van der Waals surface area contributed by atoms with Gasteiger partial charge >= 0.3 is 0 Å². The van der Waals surface area contributed by atoms with Gasteiger partial charge in [-0.3, -0.25) is 19.8 Å². The number of rotatable bonds is 4. The zero-order valence-corrected chi connectivity index (χ0v) is 16.4. The molecule has 2 amide bonds. The largest absolute Gasteiger partial charge is 0.349 e. The highest BCUT2D eigenvalue weighted by molar-refractivity contribution is 5.97. The third-order valence-corrected chi connectivity index (χ3v) is 5.46. The topological polar surface area (TPSA) is 120 Å². The molecule has 1 saturated heterocycles. The highest BCUT2D eigenvalue weighted by atomic mass is 16.2. The first kappa shape index (κ1) is 19.1. The van der Waals surface area contributed by atoms with Crippen molar-refractivity contribution in [2.45, 2.75) is 45.1 Å². The summed E-state index contributed by atoms with van der Waals surface area (Å²) in [6.45, 7) is 3.29. The second kappa shape index (κ2) is 8.42. The lowest BCUT2D eigenvalue weighted by molar-refractivity contribution is 0.0732. The minimum atomic E-state index is -0.103. The zero-order valence-electron chi connectivity index (χ0n) is 16.4. The summed E-state index contributed by atoms with van der Waals surface area (Å²) in [7, 11) is 0. The van der Waals surface area contributed by atoms with Gasteiger partial charge < -0.3 is 10.2 Å². The molecule has 9 nitrogen and oxygen atoms in total. The number of likely N-dealkylation sites (tertiary alicyclic amines) is 1. The number of aromatic nitrogens is 5. The van der Waals surface area contributed by atoms with E-state index in [9.17, 15) is 9.59 Å². The van der Waals surface area contributed by atoms with Crippen LogP contribution in [0.4, 0.5) is 0 Å². The van der Waals surface area contributed by atoms with Crippen LogP contribution in [0.1, 0.15) is 59.0 Å². The average Bonchev–Trinajstić information content (AvgIpc) is 3.38. The molecule has 0 spiro atoms. The maximum Gasteiger partial charge on any atom is 0.255 e. The van der Waals surface area contributed by atoms with Gasteiger partial charge in [0.15, 0.2) is 5.65 Å². The van der Waals surface area contributed by atoms with Crippen molar-refractivity contribution in [2.75, 3.05) is 13.1 Å². The Balaban J connectivity index is 1.41. The molecule has 0 aromatic carbocycles. The highest BCUT2D eigenvalue weighted by Gasteiger charge is 2.23. The summed E-state index contributed by atoms with van der Waals surface area (Å²) < 4.78 is 0. The van der Waals surface area contributed by atoms with Gasteiger partial charge in [-0.25, -0.2) is 4.98 Å². The number of pyridine rings is 1. The van der Waals surface area contributed by atoms with E-state index >= 15 is 0 Å². The predicted molar refractivity (Wildman–Crippen MR) is 107 cm³/mol. The molecule has 0 radical (unpaired) electrons. The Morgan fingerprint density at radius 1 is 1.14 bits per heavy atom. The molecule has 4 rings (SSSR count). The zero-order chi connectivity index (χ0) is 20.2. The fourth-order valence-electron chi connectivity index (χ4n) is 3.79. The molecular weight excluding hydrogens is 370 g/mol. The molecule has 1 aliphatic rings. The van der Waals surface area contributed by atoms with Crippen molar-refractivity contribution in [1.82, 2.24) is 35.6 Å². The van der Waals surface area contributed by atoms with E-state index < -0.39 is 0 Å². The summed E-state index contributed by atoms with van der Waals surface area (Å²) in [6, 6.07) is 1.85. The third kappa shape index (κ3) is 4.13. The average molecular weight is 395 g/mol. The second-order valence-corrected chi connectivity index (χ2v) is 7.39. The lowest BCUT2D eigenvalue weighted by atomic mass is 10.0. The van der Waals surface area contributed by atoms with Crippen molar-refractivity contribution >= 4 is 22.8 Å². The minimum Gasteiger partial charge on any atom is -0.349 e. The number of nitrogens with zero attached hydrogens (tertiary/aromatic N) is 4. The van der Waals surface area contributed by atoms with Crippen LogP contribution in [0.5, 0.6) is 0 Å². The number of amides is 2. The molecule has 29 heavy (non-hydrogen) atoms. The predicted octanol–water partition coefficient (Wildman–Crippen LogP) is 2.06. The maximum atomic E-state index is 13.0. The molecule has 3 aromatic rings. The van der Waals surface area contributed by atoms with Gasteiger partial charge in [-0.15, -0.1) is 0 Å². The summed E-state index contributed by atoms with van der Waals surface area (Å²) in [5.41, 5.74) is 2.67. The smallest absolute Gasteiger partial charge is 0.255 e. The lowest BCUT2D eigenvalue weighted by Gasteiger charge is -2.29.